The summed E-state index contributed by atoms with van der Waals surface area (Å²) in [7, 11) is 1.66. The Balaban J connectivity index is 1.48. The van der Waals surface area contributed by atoms with Crippen molar-refractivity contribution in [3.05, 3.63) is 66.1 Å². The number of aromatic amines is 1. The zero-order chi connectivity index (χ0) is 17.9. The third-order valence-electron chi connectivity index (χ3n) is 4.81. The summed E-state index contributed by atoms with van der Waals surface area (Å²) in [6.07, 6.45) is 6.03. The highest BCUT2D eigenvalue weighted by Crippen LogP contribution is 2.29. The molecular formula is C20H20N4O2. The summed E-state index contributed by atoms with van der Waals surface area (Å²) in [6, 6.07) is 11.7. The number of hydrogen-bond acceptors (Lipinski definition) is 4. The van der Waals surface area contributed by atoms with Gasteiger partial charge in [-0.3, -0.25) is 9.78 Å². The van der Waals surface area contributed by atoms with Crippen molar-refractivity contribution >= 4 is 5.91 Å². The van der Waals surface area contributed by atoms with Gasteiger partial charge in [0.25, 0.3) is 5.91 Å². The highest BCUT2D eigenvalue weighted by molar-refractivity contribution is 5.95. The van der Waals surface area contributed by atoms with E-state index in [0.717, 1.165) is 25.3 Å². The van der Waals surface area contributed by atoms with Crippen molar-refractivity contribution in [3.63, 3.8) is 0 Å². The van der Waals surface area contributed by atoms with Crippen LogP contribution in [0.25, 0.3) is 11.5 Å². The van der Waals surface area contributed by atoms with Gasteiger partial charge in [0.15, 0.2) is 5.82 Å². The standard InChI is InChI=1S/C20H20N4O2/c1-26-17-4-2-14(3-5-17)16-7-11-24(13-16)20(25)15-6-8-21-18(12-15)19-22-9-10-23-19/h2-6,8-10,12,16H,7,11,13H2,1H3,(H,22,23). The normalized spacial score (nSPS) is 16.7. The summed E-state index contributed by atoms with van der Waals surface area (Å²) in [5.41, 5.74) is 2.56. The molecule has 1 N–H and O–H groups in total. The Morgan fingerprint density at radius 1 is 1.19 bits per heavy atom. The van der Waals surface area contributed by atoms with E-state index in [9.17, 15) is 4.79 Å². The highest BCUT2D eigenvalue weighted by atomic mass is 16.5. The van der Waals surface area contributed by atoms with Crippen molar-refractivity contribution in [1.82, 2.24) is 19.9 Å². The molecule has 1 aliphatic rings. The second-order valence-electron chi connectivity index (χ2n) is 6.38. The van der Waals surface area contributed by atoms with Crippen LogP contribution in [0.15, 0.2) is 55.0 Å². The number of ether oxygens (including phenoxy) is 1. The van der Waals surface area contributed by atoms with Gasteiger partial charge in [-0.1, -0.05) is 12.1 Å². The predicted molar refractivity (Wildman–Crippen MR) is 98.1 cm³/mol. The Kier molecular flexibility index (Phi) is 4.39. The lowest BCUT2D eigenvalue weighted by Gasteiger charge is -2.17. The van der Waals surface area contributed by atoms with E-state index in [4.69, 9.17) is 4.74 Å². The van der Waals surface area contributed by atoms with Crippen molar-refractivity contribution in [2.75, 3.05) is 20.2 Å². The molecule has 2 aromatic heterocycles. The molecule has 1 unspecified atom stereocenters. The average Bonchev–Trinajstić information content (AvgIpc) is 3.40. The summed E-state index contributed by atoms with van der Waals surface area (Å²) in [5, 5.41) is 0. The number of likely N-dealkylation sites (tertiary alicyclic amines) is 1. The Labute approximate surface area is 151 Å². The molecule has 0 radical (unpaired) electrons. The first kappa shape index (κ1) is 16.3. The average molecular weight is 348 g/mol. The number of aromatic nitrogens is 3. The summed E-state index contributed by atoms with van der Waals surface area (Å²) >= 11 is 0. The second-order valence-corrected chi connectivity index (χ2v) is 6.38. The third-order valence-corrected chi connectivity index (χ3v) is 4.81. The molecule has 1 fully saturated rings. The van der Waals surface area contributed by atoms with Crippen molar-refractivity contribution < 1.29 is 9.53 Å². The molecule has 1 amide bonds. The lowest BCUT2D eigenvalue weighted by Crippen LogP contribution is -2.28. The lowest BCUT2D eigenvalue weighted by atomic mass is 9.98. The molecule has 0 saturated carbocycles. The summed E-state index contributed by atoms with van der Waals surface area (Å²) in [6.45, 7) is 1.48. The lowest BCUT2D eigenvalue weighted by molar-refractivity contribution is 0.0790. The van der Waals surface area contributed by atoms with Gasteiger partial charge in [-0.15, -0.1) is 0 Å². The smallest absolute Gasteiger partial charge is 0.254 e. The molecule has 1 aliphatic heterocycles. The number of rotatable bonds is 4. The maximum atomic E-state index is 12.9. The molecule has 0 bridgehead atoms. The van der Waals surface area contributed by atoms with Crippen LogP contribution in [0.1, 0.15) is 28.3 Å². The SMILES string of the molecule is COc1ccc(C2CCN(C(=O)c3ccnc(-c4ncc[nH]4)c3)C2)cc1. The zero-order valence-corrected chi connectivity index (χ0v) is 14.6. The van der Waals surface area contributed by atoms with E-state index >= 15 is 0 Å². The zero-order valence-electron chi connectivity index (χ0n) is 14.6. The van der Waals surface area contributed by atoms with E-state index in [1.807, 2.05) is 17.0 Å². The van der Waals surface area contributed by atoms with Crippen LogP contribution in [0.4, 0.5) is 0 Å². The molecule has 3 heterocycles. The minimum atomic E-state index is 0.0382. The van der Waals surface area contributed by atoms with Gasteiger partial charge in [-0.05, 0) is 36.2 Å². The van der Waals surface area contributed by atoms with Crippen molar-refractivity contribution in [3.8, 4) is 17.3 Å². The number of imidazole rings is 1. The number of hydrogen-bond donors (Lipinski definition) is 1. The first-order chi connectivity index (χ1) is 12.7. The van der Waals surface area contributed by atoms with Gasteiger partial charge in [0.1, 0.15) is 11.4 Å². The summed E-state index contributed by atoms with van der Waals surface area (Å²) in [4.78, 5) is 26.3. The van der Waals surface area contributed by atoms with Crippen molar-refractivity contribution in [2.45, 2.75) is 12.3 Å². The molecule has 1 saturated heterocycles. The Morgan fingerprint density at radius 2 is 2.04 bits per heavy atom. The molecule has 0 aliphatic carbocycles. The van der Waals surface area contributed by atoms with Gasteiger partial charge < -0.3 is 14.6 Å². The predicted octanol–water partition coefficient (Wildman–Crippen LogP) is 3.11. The molecule has 6 nitrogen and oxygen atoms in total. The Hall–Kier alpha value is -3.15. The molecule has 1 aromatic carbocycles. The van der Waals surface area contributed by atoms with Gasteiger partial charge in [-0.25, -0.2) is 4.98 Å². The number of methoxy groups -OCH3 is 1. The monoisotopic (exact) mass is 348 g/mol. The van der Waals surface area contributed by atoms with Crippen LogP contribution < -0.4 is 4.74 Å². The highest BCUT2D eigenvalue weighted by Gasteiger charge is 2.28. The third kappa shape index (κ3) is 3.18. The van der Waals surface area contributed by atoms with E-state index in [2.05, 4.69) is 27.1 Å². The van der Waals surface area contributed by atoms with Crippen LogP contribution in [0.5, 0.6) is 5.75 Å². The number of amides is 1. The van der Waals surface area contributed by atoms with E-state index in [-0.39, 0.29) is 5.91 Å². The molecule has 3 aromatic rings. The fourth-order valence-electron chi connectivity index (χ4n) is 3.37. The molecule has 132 valence electrons. The number of pyridine rings is 1. The fourth-order valence-corrected chi connectivity index (χ4v) is 3.37. The molecule has 4 rings (SSSR count). The number of benzene rings is 1. The molecule has 1 atom stereocenters. The van der Waals surface area contributed by atoms with E-state index in [1.54, 1.807) is 37.8 Å². The summed E-state index contributed by atoms with van der Waals surface area (Å²) in [5.74, 6) is 1.91. The first-order valence-corrected chi connectivity index (χ1v) is 8.63. The van der Waals surface area contributed by atoms with Gasteiger partial charge in [0.2, 0.25) is 0 Å². The topological polar surface area (TPSA) is 71.1 Å². The molecule has 26 heavy (non-hydrogen) atoms. The Morgan fingerprint density at radius 3 is 2.77 bits per heavy atom. The van der Waals surface area contributed by atoms with Crippen LogP contribution in [0.2, 0.25) is 0 Å². The van der Waals surface area contributed by atoms with Crippen molar-refractivity contribution in [2.24, 2.45) is 0 Å². The molecule has 6 heteroatoms. The maximum absolute atomic E-state index is 12.9. The maximum Gasteiger partial charge on any atom is 0.254 e. The largest absolute Gasteiger partial charge is 0.497 e. The van der Waals surface area contributed by atoms with Crippen LogP contribution in [0.3, 0.4) is 0 Å². The Bertz CT molecular complexity index is 890. The van der Waals surface area contributed by atoms with Crippen LogP contribution in [-0.2, 0) is 0 Å². The minimum Gasteiger partial charge on any atom is -0.497 e. The van der Waals surface area contributed by atoms with Crippen LogP contribution in [-0.4, -0.2) is 46.0 Å². The van der Waals surface area contributed by atoms with E-state index in [1.165, 1.54) is 5.56 Å². The van der Waals surface area contributed by atoms with Gasteiger partial charge in [0.05, 0.1) is 7.11 Å². The minimum absolute atomic E-state index is 0.0382. The van der Waals surface area contributed by atoms with Crippen LogP contribution >= 0.6 is 0 Å². The van der Waals surface area contributed by atoms with E-state index < -0.39 is 0 Å². The summed E-state index contributed by atoms with van der Waals surface area (Å²) < 4.78 is 5.21. The number of nitrogens with one attached hydrogen (secondary N) is 1. The van der Waals surface area contributed by atoms with Gasteiger partial charge in [0, 0.05) is 43.2 Å². The number of carbonyl (C=O) groups is 1. The quantitative estimate of drug-likeness (QED) is 0.786. The number of H-pyrrole nitrogens is 1. The molecular weight excluding hydrogens is 328 g/mol. The first-order valence-electron chi connectivity index (χ1n) is 8.63. The van der Waals surface area contributed by atoms with Gasteiger partial charge >= 0.3 is 0 Å². The number of carbonyl (C=O) groups excluding carboxylic acids is 1. The van der Waals surface area contributed by atoms with E-state index in [0.29, 0.717) is 23.0 Å². The number of nitrogens with zero attached hydrogens (tertiary/aromatic N) is 3. The second kappa shape index (κ2) is 7.00. The van der Waals surface area contributed by atoms with Gasteiger partial charge in [-0.2, -0.15) is 0 Å². The van der Waals surface area contributed by atoms with Crippen LogP contribution in [0, 0.1) is 0 Å². The molecule has 0 spiro atoms. The fraction of sp³-hybridized carbons (Fsp3) is 0.250. The van der Waals surface area contributed by atoms with Crippen molar-refractivity contribution in [1.29, 1.82) is 0 Å².